The van der Waals surface area contributed by atoms with E-state index in [1.54, 1.807) is 0 Å². The Balaban J connectivity index is 1.81. The predicted molar refractivity (Wildman–Crippen MR) is 62.4 cm³/mol. The molecule has 1 aromatic carbocycles. The average molecular weight is 235 g/mol. The van der Waals surface area contributed by atoms with Crippen molar-refractivity contribution in [3.8, 4) is 0 Å². The van der Waals surface area contributed by atoms with Crippen molar-refractivity contribution in [2.24, 2.45) is 0 Å². The van der Waals surface area contributed by atoms with Crippen molar-refractivity contribution in [2.75, 3.05) is 26.4 Å². The minimum absolute atomic E-state index is 0.155. The smallest absolute Gasteiger partial charge is 0.166 e. The lowest BCUT2D eigenvalue weighted by atomic mass is 10.0. The molecule has 2 heterocycles. The Hall–Kier alpha value is -0.940. The summed E-state index contributed by atoms with van der Waals surface area (Å²) in [6, 6.07) is 10.4. The van der Waals surface area contributed by atoms with Crippen molar-refractivity contribution >= 4 is 0 Å². The molecule has 4 nitrogen and oxygen atoms in total. The molecule has 0 aliphatic carbocycles. The Morgan fingerprint density at radius 2 is 1.82 bits per heavy atom. The Kier molecular flexibility index (Phi) is 2.88. The van der Waals surface area contributed by atoms with Gasteiger partial charge in [-0.2, -0.15) is 0 Å². The van der Waals surface area contributed by atoms with Gasteiger partial charge in [0.2, 0.25) is 0 Å². The highest BCUT2D eigenvalue weighted by molar-refractivity contribution is 5.15. The van der Waals surface area contributed by atoms with E-state index in [1.165, 1.54) is 5.56 Å². The van der Waals surface area contributed by atoms with Crippen LogP contribution in [0.3, 0.4) is 0 Å². The molecule has 0 radical (unpaired) electrons. The minimum atomic E-state index is -0.961. The van der Waals surface area contributed by atoms with Crippen LogP contribution in [0.2, 0.25) is 0 Å². The Morgan fingerprint density at radius 3 is 2.41 bits per heavy atom. The number of benzene rings is 1. The summed E-state index contributed by atoms with van der Waals surface area (Å²) >= 11 is 0. The second-order valence-corrected chi connectivity index (χ2v) is 4.78. The van der Waals surface area contributed by atoms with Gasteiger partial charge in [-0.1, -0.05) is 30.3 Å². The highest BCUT2D eigenvalue weighted by atomic mass is 16.5. The van der Waals surface area contributed by atoms with E-state index in [0.29, 0.717) is 26.4 Å². The second kappa shape index (κ2) is 4.38. The molecule has 0 spiro atoms. The molecule has 0 unspecified atom stereocenters. The maximum absolute atomic E-state index is 10.5. The molecule has 2 aliphatic rings. The third kappa shape index (κ3) is 2.09. The van der Waals surface area contributed by atoms with Crippen LogP contribution in [0.25, 0.3) is 0 Å². The van der Waals surface area contributed by atoms with Gasteiger partial charge < -0.3 is 14.6 Å². The van der Waals surface area contributed by atoms with Gasteiger partial charge in [0.15, 0.2) is 5.72 Å². The maximum atomic E-state index is 10.5. The standard InChI is InChI=1S/C13H17NO3/c15-13-9-16-7-12(8-17-10-13)14(13)6-11-4-2-1-3-5-11/h1-5,12,15H,6-10H2. The summed E-state index contributed by atoms with van der Waals surface area (Å²) in [6.07, 6.45) is 0. The average Bonchev–Trinajstić information content (AvgIpc) is 2.32. The molecule has 2 fully saturated rings. The summed E-state index contributed by atoms with van der Waals surface area (Å²) in [5.41, 5.74) is 0.247. The van der Waals surface area contributed by atoms with Crippen molar-refractivity contribution in [1.29, 1.82) is 0 Å². The van der Waals surface area contributed by atoms with Gasteiger partial charge >= 0.3 is 0 Å². The molecular weight excluding hydrogens is 218 g/mol. The van der Waals surface area contributed by atoms with E-state index < -0.39 is 5.72 Å². The van der Waals surface area contributed by atoms with Crippen molar-refractivity contribution in [1.82, 2.24) is 4.90 Å². The SMILES string of the molecule is OC12COCC(COC1)N2Cc1ccccc1. The van der Waals surface area contributed by atoms with E-state index >= 15 is 0 Å². The number of ether oxygens (including phenoxy) is 2. The molecule has 92 valence electrons. The fraction of sp³-hybridized carbons (Fsp3) is 0.538. The zero-order valence-corrected chi connectivity index (χ0v) is 9.71. The lowest BCUT2D eigenvalue weighted by Crippen LogP contribution is -2.67. The van der Waals surface area contributed by atoms with E-state index in [0.717, 1.165) is 6.54 Å². The number of fused-ring (bicyclic) bond motifs is 2. The summed E-state index contributed by atoms with van der Waals surface area (Å²) in [7, 11) is 0. The molecule has 1 aromatic rings. The topological polar surface area (TPSA) is 41.9 Å². The van der Waals surface area contributed by atoms with Crippen LogP contribution >= 0.6 is 0 Å². The third-order valence-corrected chi connectivity index (χ3v) is 3.46. The number of morpholine rings is 2. The largest absolute Gasteiger partial charge is 0.375 e. The summed E-state index contributed by atoms with van der Waals surface area (Å²) < 4.78 is 10.9. The summed E-state index contributed by atoms with van der Waals surface area (Å²) in [6.45, 7) is 2.67. The predicted octanol–water partition coefficient (Wildman–Crippen LogP) is 0.606. The fourth-order valence-electron chi connectivity index (χ4n) is 2.55. The first-order chi connectivity index (χ1) is 8.28. The van der Waals surface area contributed by atoms with Gasteiger partial charge in [-0.05, 0) is 5.56 Å². The van der Waals surface area contributed by atoms with Crippen LogP contribution in [0, 0.1) is 0 Å². The molecule has 2 aliphatic heterocycles. The summed E-state index contributed by atoms with van der Waals surface area (Å²) in [4.78, 5) is 2.11. The Bertz CT molecular complexity index is 372. The van der Waals surface area contributed by atoms with E-state index in [1.807, 2.05) is 18.2 Å². The zero-order valence-electron chi connectivity index (χ0n) is 9.71. The van der Waals surface area contributed by atoms with Gasteiger partial charge in [0, 0.05) is 6.54 Å². The molecule has 4 heteroatoms. The number of rotatable bonds is 2. The van der Waals surface area contributed by atoms with Crippen LogP contribution in [0.15, 0.2) is 30.3 Å². The van der Waals surface area contributed by atoms with Crippen LogP contribution in [-0.4, -0.2) is 48.2 Å². The molecule has 17 heavy (non-hydrogen) atoms. The van der Waals surface area contributed by atoms with Crippen molar-refractivity contribution in [2.45, 2.75) is 18.3 Å². The third-order valence-electron chi connectivity index (χ3n) is 3.46. The Labute approximate surface area is 101 Å². The lowest BCUT2D eigenvalue weighted by Gasteiger charge is -2.50. The molecule has 0 aromatic heterocycles. The van der Waals surface area contributed by atoms with Crippen LogP contribution in [0.5, 0.6) is 0 Å². The van der Waals surface area contributed by atoms with Crippen molar-refractivity contribution in [3.63, 3.8) is 0 Å². The van der Waals surface area contributed by atoms with E-state index in [9.17, 15) is 5.11 Å². The van der Waals surface area contributed by atoms with Crippen molar-refractivity contribution in [3.05, 3.63) is 35.9 Å². The highest BCUT2D eigenvalue weighted by Gasteiger charge is 2.46. The van der Waals surface area contributed by atoms with Gasteiger partial charge in [-0.3, -0.25) is 4.90 Å². The molecule has 0 amide bonds. The van der Waals surface area contributed by atoms with E-state index in [4.69, 9.17) is 9.47 Å². The molecule has 3 rings (SSSR count). The van der Waals surface area contributed by atoms with Gasteiger partial charge in [0.1, 0.15) is 0 Å². The molecule has 0 atom stereocenters. The number of aliphatic hydroxyl groups is 1. The van der Waals surface area contributed by atoms with Gasteiger partial charge in [0.25, 0.3) is 0 Å². The van der Waals surface area contributed by atoms with Crippen molar-refractivity contribution < 1.29 is 14.6 Å². The normalized spacial score (nSPS) is 33.6. The number of nitrogens with zero attached hydrogens (tertiary/aromatic N) is 1. The highest BCUT2D eigenvalue weighted by Crippen LogP contribution is 2.28. The monoisotopic (exact) mass is 235 g/mol. The second-order valence-electron chi connectivity index (χ2n) is 4.78. The molecule has 2 bridgehead atoms. The maximum Gasteiger partial charge on any atom is 0.166 e. The number of hydrogen-bond acceptors (Lipinski definition) is 4. The minimum Gasteiger partial charge on any atom is -0.375 e. The van der Waals surface area contributed by atoms with Crippen LogP contribution < -0.4 is 0 Å². The summed E-state index contributed by atoms with van der Waals surface area (Å²) in [5.74, 6) is 0. The quantitative estimate of drug-likeness (QED) is 0.815. The fourth-order valence-corrected chi connectivity index (χ4v) is 2.55. The molecular formula is C13H17NO3. The van der Waals surface area contributed by atoms with Crippen LogP contribution in [-0.2, 0) is 16.0 Å². The van der Waals surface area contributed by atoms with Crippen LogP contribution in [0.4, 0.5) is 0 Å². The first-order valence-corrected chi connectivity index (χ1v) is 5.96. The van der Waals surface area contributed by atoms with Gasteiger partial charge in [-0.15, -0.1) is 0 Å². The number of hydrogen-bond donors (Lipinski definition) is 1. The molecule has 0 saturated carbocycles. The lowest BCUT2D eigenvalue weighted by molar-refractivity contribution is -0.277. The van der Waals surface area contributed by atoms with E-state index in [-0.39, 0.29) is 6.04 Å². The first kappa shape index (κ1) is 11.2. The zero-order chi connectivity index (χ0) is 11.7. The first-order valence-electron chi connectivity index (χ1n) is 5.96. The molecule has 1 N–H and O–H groups in total. The van der Waals surface area contributed by atoms with Crippen LogP contribution in [0.1, 0.15) is 5.56 Å². The van der Waals surface area contributed by atoms with Gasteiger partial charge in [0.05, 0.1) is 32.5 Å². The Morgan fingerprint density at radius 1 is 1.18 bits per heavy atom. The van der Waals surface area contributed by atoms with Gasteiger partial charge in [-0.25, -0.2) is 0 Å². The van der Waals surface area contributed by atoms with E-state index in [2.05, 4.69) is 17.0 Å². The summed E-state index contributed by atoms with van der Waals surface area (Å²) in [5, 5.41) is 10.5. The molecule has 2 saturated heterocycles.